The lowest BCUT2D eigenvalue weighted by molar-refractivity contribution is 0.0696. The summed E-state index contributed by atoms with van der Waals surface area (Å²) in [5.41, 5.74) is -0.550. The van der Waals surface area contributed by atoms with Crippen molar-refractivity contribution in [3.8, 4) is 0 Å². The summed E-state index contributed by atoms with van der Waals surface area (Å²) in [7, 11) is -3.70. The molecule has 0 amide bonds. The van der Waals surface area contributed by atoms with Gasteiger partial charge in [-0.05, 0) is 18.2 Å². The van der Waals surface area contributed by atoms with Crippen LogP contribution in [0.1, 0.15) is 10.4 Å². The Labute approximate surface area is 97.6 Å². The lowest BCUT2D eigenvalue weighted by Crippen LogP contribution is -2.16. The number of aromatic carboxylic acids is 1. The second kappa shape index (κ2) is 4.96. The highest BCUT2D eigenvalue weighted by molar-refractivity contribution is 7.92. The number of halogens is 1. The number of hydrogen-bond donors (Lipinski definition) is 2. The van der Waals surface area contributed by atoms with E-state index in [1.54, 1.807) is 0 Å². The highest BCUT2D eigenvalue weighted by Gasteiger charge is 2.13. The molecule has 2 N–H and O–H groups in total. The van der Waals surface area contributed by atoms with Crippen LogP contribution in [0, 0.1) is 5.82 Å². The summed E-state index contributed by atoms with van der Waals surface area (Å²) in [5, 5.41) is 8.60. The third-order valence-corrected chi connectivity index (χ3v) is 3.02. The van der Waals surface area contributed by atoms with Crippen molar-refractivity contribution in [3.63, 3.8) is 0 Å². The maximum atomic E-state index is 13.4. The number of carboxylic acid groups (broad SMARTS) is 1. The fourth-order valence-electron chi connectivity index (χ4n) is 1.10. The molecule has 0 aliphatic heterocycles. The highest BCUT2D eigenvalue weighted by atomic mass is 32.2. The van der Waals surface area contributed by atoms with Crippen LogP contribution >= 0.6 is 0 Å². The van der Waals surface area contributed by atoms with Crippen LogP contribution in [0.3, 0.4) is 0 Å². The minimum absolute atomic E-state index is 0.255. The number of anilines is 1. The van der Waals surface area contributed by atoms with Crippen LogP contribution in [-0.4, -0.2) is 25.2 Å². The van der Waals surface area contributed by atoms with E-state index in [0.29, 0.717) is 0 Å². The molecule has 1 aromatic rings. The Balaban J connectivity index is 3.02. The molecule has 0 saturated carbocycles. The molecule has 0 heterocycles. The number of carboxylic acids is 1. The molecule has 17 heavy (non-hydrogen) atoms. The van der Waals surface area contributed by atoms with Gasteiger partial charge in [0.15, 0.2) is 0 Å². The van der Waals surface area contributed by atoms with E-state index in [2.05, 4.69) is 6.58 Å². The van der Waals surface area contributed by atoms with Crippen LogP contribution in [-0.2, 0) is 10.0 Å². The molecule has 0 atom stereocenters. The monoisotopic (exact) mass is 259 g/mol. The van der Waals surface area contributed by atoms with E-state index in [9.17, 15) is 17.6 Å². The third kappa shape index (κ3) is 3.56. The number of hydrogen-bond acceptors (Lipinski definition) is 3. The first-order valence-electron chi connectivity index (χ1n) is 4.50. The van der Waals surface area contributed by atoms with E-state index in [1.807, 2.05) is 4.72 Å². The summed E-state index contributed by atoms with van der Waals surface area (Å²) < 4.78 is 38.0. The summed E-state index contributed by atoms with van der Waals surface area (Å²) >= 11 is 0. The van der Waals surface area contributed by atoms with Crippen molar-refractivity contribution in [1.82, 2.24) is 0 Å². The van der Waals surface area contributed by atoms with Gasteiger partial charge in [-0.3, -0.25) is 4.72 Å². The second-order valence-corrected chi connectivity index (χ2v) is 4.94. The van der Waals surface area contributed by atoms with Crippen molar-refractivity contribution < 1.29 is 22.7 Å². The van der Waals surface area contributed by atoms with E-state index in [4.69, 9.17) is 5.11 Å². The average Bonchev–Trinajstić information content (AvgIpc) is 2.20. The van der Waals surface area contributed by atoms with Gasteiger partial charge in [0.05, 0.1) is 17.0 Å². The first-order valence-corrected chi connectivity index (χ1v) is 6.15. The van der Waals surface area contributed by atoms with Crippen LogP contribution in [0.5, 0.6) is 0 Å². The molecular weight excluding hydrogens is 249 g/mol. The largest absolute Gasteiger partial charge is 0.478 e. The van der Waals surface area contributed by atoms with Gasteiger partial charge in [-0.25, -0.2) is 17.6 Å². The van der Waals surface area contributed by atoms with Gasteiger partial charge >= 0.3 is 5.97 Å². The molecule has 0 radical (unpaired) electrons. The Kier molecular flexibility index (Phi) is 3.84. The lowest BCUT2D eigenvalue weighted by atomic mass is 10.2. The molecule has 0 fully saturated rings. The van der Waals surface area contributed by atoms with Crippen LogP contribution in [0.15, 0.2) is 30.9 Å². The lowest BCUT2D eigenvalue weighted by Gasteiger charge is -2.07. The van der Waals surface area contributed by atoms with Crippen molar-refractivity contribution >= 4 is 21.7 Å². The molecule has 0 unspecified atom stereocenters. The predicted molar refractivity (Wildman–Crippen MR) is 61.0 cm³/mol. The van der Waals surface area contributed by atoms with Crippen molar-refractivity contribution in [2.24, 2.45) is 0 Å². The first kappa shape index (κ1) is 13.2. The van der Waals surface area contributed by atoms with Crippen molar-refractivity contribution in [2.75, 3.05) is 10.5 Å². The van der Waals surface area contributed by atoms with Gasteiger partial charge in [-0.2, -0.15) is 0 Å². The zero-order valence-corrected chi connectivity index (χ0v) is 9.50. The van der Waals surface area contributed by atoms with E-state index in [-0.39, 0.29) is 17.0 Å². The van der Waals surface area contributed by atoms with E-state index >= 15 is 0 Å². The number of sulfonamides is 1. The molecule has 0 aliphatic rings. The smallest absolute Gasteiger partial charge is 0.335 e. The number of nitrogens with one attached hydrogen (secondary N) is 1. The Morgan fingerprint density at radius 3 is 2.65 bits per heavy atom. The van der Waals surface area contributed by atoms with Crippen molar-refractivity contribution in [2.45, 2.75) is 0 Å². The first-order chi connectivity index (χ1) is 7.85. The van der Waals surface area contributed by atoms with Gasteiger partial charge in [0.2, 0.25) is 10.0 Å². The number of rotatable bonds is 5. The quantitative estimate of drug-likeness (QED) is 0.784. The zero-order valence-electron chi connectivity index (χ0n) is 8.68. The molecule has 0 aromatic heterocycles. The summed E-state index contributed by atoms with van der Waals surface area (Å²) in [5.74, 6) is -2.59. The van der Waals surface area contributed by atoms with Crippen LogP contribution < -0.4 is 4.72 Å². The Morgan fingerprint density at radius 1 is 1.53 bits per heavy atom. The van der Waals surface area contributed by atoms with Crippen LogP contribution in [0.2, 0.25) is 0 Å². The molecular formula is C10H10FNO4S. The number of carbonyl (C=O) groups is 1. The fraction of sp³-hybridized carbons (Fsp3) is 0.100. The molecule has 0 aliphatic carbocycles. The third-order valence-electron chi connectivity index (χ3n) is 1.82. The van der Waals surface area contributed by atoms with Crippen LogP contribution in [0.25, 0.3) is 0 Å². The molecule has 0 spiro atoms. The van der Waals surface area contributed by atoms with Gasteiger partial charge in [-0.15, -0.1) is 6.58 Å². The van der Waals surface area contributed by atoms with Gasteiger partial charge in [-0.1, -0.05) is 6.08 Å². The maximum Gasteiger partial charge on any atom is 0.335 e. The Hall–Kier alpha value is -1.89. The summed E-state index contributed by atoms with van der Waals surface area (Å²) in [6, 6.07) is 2.91. The summed E-state index contributed by atoms with van der Waals surface area (Å²) in [4.78, 5) is 10.5. The second-order valence-electron chi connectivity index (χ2n) is 3.17. The maximum absolute atomic E-state index is 13.4. The minimum Gasteiger partial charge on any atom is -0.478 e. The topological polar surface area (TPSA) is 83.5 Å². The Morgan fingerprint density at radius 2 is 2.18 bits per heavy atom. The van der Waals surface area contributed by atoms with E-state index in [1.165, 1.54) is 0 Å². The Bertz CT molecular complexity index is 553. The molecule has 92 valence electrons. The zero-order chi connectivity index (χ0) is 13.1. The molecule has 0 saturated heterocycles. The molecule has 1 rings (SSSR count). The van der Waals surface area contributed by atoms with Crippen molar-refractivity contribution in [3.05, 3.63) is 42.2 Å². The summed E-state index contributed by atoms with van der Waals surface area (Å²) in [6.45, 7) is 3.26. The van der Waals surface area contributed by atoms with Gasteiger partial charge in [0.1, 0.15) is 5.82 Å². The predicted octanol–water partition coefficient (Wildman–Crippen LogP) is 1.45. The van der Waals surface area contributed by atoms with Gasteiger partial charge in [0.25, 0.3) is 0 Å². The van der Waals surface area contributed by atoms with Gasteiger partial charge in [0, 0.05) is 0 Å². The van der Waals surface area contributed by atoms with Crippen LogP contribution in [0.4, 0.5) is 10.1 Å². The van der Waals surface area contributed by atoms with Crippen molar-refractivity contribution in [1.29, 1.82) is 0 Å². The molecule has 5 nitrogen and oxygen atoms in total. The standard InChI is InChI=1S/C10H10FNO4S/c1-2-5-17(15,16)12-9-4-3-7(10(13)14)6-8(9)11/h2-4,6,12H,1,5H2,(H,13,14). The molecule has 0 bridgehead atoms. The highest BCUT2D eigenvalue weighted by Crippen LogP contribution is 2.17. The van der Waals surface area contributed by atoms with Gasteiger partial charge < -0.3 is 5.11 Å². The number of benzene rings is 1. The fourth-order valence-corrected chi connectivity index (χ4v) is 1.99. The average molecular weight is 259 g/mol. The normalized spacial score (nSPS) is 10.9. The minimum atomic E-state index is -3.70. The molecule has 7 heteroatoms. The van der Waals surface area contributed by atoms with E-state index in [0.717, 1.165) is 24.3 Å². The SMILES string of the molecule is C=CCS(=O)(=O)Nc1ccc(C(=O)O)cc1F. The summed E-state index contributed by atoms with van der Waals surface area (Å²) in [6.07, 6.45) is 1.16. The molecule has 1 aromatic carbocycles. The van der Waals surface area contributed by atoms with E-state index < -0.39 is 21.8 Å².